The minimum Gasteiger partial charge on any atom is -0.487 e. The first-order chi connectivity index (χ1) is 14.9. The molecule has 0 fully saturated rings. The molecule has 4 nitrogen and oxygen atoms in total. The average molecular weight is 579 g/mol. The SMILES string of the molecule is N#C/C(=C\c1cc(Br)cc(Br)c1OCc1ccc(Cl)cc1Cl)c1nc2ccccc2o1. The van der Waals surface area contributed by atoms with Crippen LogP contribution in [0.4, 0.5) is 0 Å². The number of nitriles is 1. The zero-order valence-electron chi connectivity index (χ0n) is 15.7. The van der Waals surface area contributed by atoms with Gasteiger partial charge in [0.2, 0.25) is 5.89 Å². The van der Waals surface area contributed by atoms with E-state index in [1.54, 1.807) is 24.3 Å². The molecule has 0 bridgehead atoms. The molecule has 0 saturated heterocycles. The summed E-state index contributed by atoms with van der Waals surface area (Å²) >= 11 is 19.3. The topological polar surface area (TPSA) is 59.0 Å². The molecule has 1 heterocycles. The Kier molecular flexibility index (Phi) is 6.68. The van der Waals surface area contributed by atoms with Crippen LogP contribution in [0.5, 0.6) is 5.75 Å². The van der Waals surface area contributed by atoms with Crippen molar-refractivity contribution < 1.29 is 9.15 Å². The first-order valence-corrected chi connectivity index (χ1v) is 11.3. The van der Waals surface area contributed by atoms with E-state index >= 15 is 0 Å². The van der Waals surface area contributed by atoms with Crippen LogP contribution in [0.1, 0.15) is 17.0 Å². The van der Waals surface area contributed by atoms with Crippen LogP contribution in [0.25, 0.3) is 22.7 Å². The second kappa shape index (κ2) is 9.46. The predicted molar refractivity (Wildman–Crippen MR) is 130 cm³/mol. The van der Waals surface area contributed by atoms with E-state index in [1.807, 2.05) is 36.4 Å². The smallest absolute Gasteiger partial charge is 0.238 e. The number of rotatable bonds is 5. The van der Waals surface area contributed by atoms with Gasteiger partial charge in [-0.25, -0.2) is 4.98 Å². The van der Waals surface area contributed by atoms with Gasteiger partial charge in [0, 0.05) is 25.6 Å². The Morgan fingerprint density at radius 1 is 1.13 bits per heavy atom. The molecule has 1 aromatic heterocycles. The molecule has 4 aromatic rings. The Morgan fingerprint density at radius 2 is 1.94 bits per heavy atom. The van der Waals surface area contributed by atoms with E-state index in [4.69, 9.17) is 32.4 Å². The first-order valence-electron chi connectivity index (χ1n) is 8.98. The highest BCUT2D eigenvalue weighted by Gasteiger charge is 2.15. The largest absolute Gasteiger partial charge is 0.487 e. The molecule has 0 radical (unpaired) electrons. The van der Waals surface area contributed by atoms with E-state index in [0.717, 1.165) is 10.0 Å². The lowest BCUT2D eigenvalue weighted by Crippen LogP contribution is -1.99. The molecule has 8 heteroatoms. The maximum absolute atomic E-state index is 9.75. The van der Waals surface area contributed by atoms with E-state index < -0.39 is 0 Å². The van der Waals surface area contributed by atoms with Crippen molar-refractivity contribution in [2.24, 2.45) is 0 Å². The van der Waals surface area contributed by atoms with Crippen molar-refractivity contribution in [3.05, 3.63) is 90.6 Å². The fourth-order valence-corrected chi connectivity index (χ4v) is 4.75. The third-order valence-electron chi connectivity index (χ3n) is 4.37. The third-order valence-corrected chi connectivity index (χ3v) is 6.00. The average Bonchev–Trinajstić information content (AvgIpc) is 3.16. The van der Waals surface area contributed by atoms with Crippen molar-refractivity contribution in [3.63, 3.8) is 0 Å². The third kappa shape index (κ3) is 4.97. The number of nitrogens with zero attached hydrogens (tertiary/aromatic N) is 2. The van der Waals surface area contributed by atoms with Crippen LogP contribution in [-0.2, 0) is 6.61 Å². The number of aromatic nitrogens is 1. The summed E-state index contributed by atoms with van der Waals surface area (Å²) < 4.78 is 13.4. The van der Waals surface area contributed by atoms with Gasteiger partial charge in [-0.15, -0.1) is 0 Å². The second-order valence-corrected chi connectivity index (χ2v) is 9.10. The molecule has 0 unspecified atom stereocenters. The Balaban J connectivity index is 1.72. The number of ether oxygens (including phenoxy) is 1. The molecule has 0 aliphatic heterocycles. The maximum Gasteiger partial charge on any atom is 0.238 e. The minimum atomic E-state index is 0.224. The molecule has 0 amide bonds. The van der Waals surface area contributed by atoms with Crippen LogP contribution in [0, 0.1) is 11.3 Å². The highest BCUT2D eigenvalue weighted by Crippen LogP contribution is 2.36. The van der Waals surface area contributed by atoms with Crippen LogP contribution >= 0.6 is 55.1 Å². The number of hydrogen-bond acceptors (Lipinski definition) is 4. The Bertz CT molecular complexity index is 1330. The number of halogens is 4. The van der Waals surface area contributed by atoms with Gasteiger partial charge in [0.25, 0.3) is 0 Å². The standard InChI is InChI=1S/C23H12Br2Cl2N2O2/c24-16-8-14(7-15(11-28)23-29-20-3-1-2-4-21(20)31-23)22(18(25)9-16)30-12-13-5-6-17(26)10-19(13)27/h1-10H,12H2/b15-7+. The van der Waals surface area contributed by atoms with Gasteiger partial charge in [0.1, 0.15) is 29.5 Å². The van der Waals surface area contributed by atoms with Gasteiger partial charge in [0.15, 0.2) is 5.58 Å². The molecule has 0 aliphatic carbocycles. The fourth-order valence-electron chi connectivity index (χ4n) is 2.91. The lowest BCUT2D eigenvalue weighted by molar-refractivity contribution is 0.303. The summed E-state index contributed by atoms with van der Waals surface area (Å²) in [6, 6.07) is 18.5. The fraction of sp³-hybridized carbons (Fsp3) is 0.0435. The number of hydrogen-bond donors (Lipinski definition) is 0. The van der Waals surface area contributed by atoms with Crippen molar-refractivity contribution in [2.45, 2.75) is 6.61 Å². The lowest BCUT2D eigenvalue weighted by atomic mass is 10.1. The van der Waals surface area contributed by atoms with Gasteiger partial charge >= 0.3 is 0 Å². The Hall–Kier alpha value is -2.30. The van der Waals surface area contributed by atoms with Crippen LogP contribution in [0.3, 0.4) is 0 Å². The lowest BCUT2D eigenvalue weighted by Gasteiger charge is -2.13. The van der Waals surface area contributed by atoms with Gasteiger partial charge in [-0.1, -0.05) is 57.3 Å². The van der Waals surface area contributed by atoms with E-state index in [0.29, 0.717) is 36.9 Å². The summed E-state index contributed by atoms with van der Waals surface area (Å²) in [6.45, 7) is 0.224. The maximum atomic E-state index is 9.75. The van der Waals surface area contributed by atoms with E-state index in [-0.39, 0.29) is 18.1 Å². The number of benzene rings is 3. The van der Waals surface area contributed by atoms with Gasteiger partial charge in [-0.05, 0) is 58.4 Å². The first kappa shape index (κ1) is 21.9. The minimum absolute atomic E-state index is 0.224. The zero-order valence-corrected chi connectivity index (χ0v) is 20.4. The Morgan fingerprint density at radius 3 is 2.68 bits per heavy atom. The number of allylic oxidation sites excluding steroid dienone is 1. The molecular formula is C23H12Br2Cl2N2O2. The molecule has 0 N–H and O–H groups in total. The zero-order chi connectivity index (χ0) is 22.0. The number of fused-ring (bicyclic) bond motifs is 1. The van der Waals surface area contributed by atoms with Crippen molar-refractivity contribution in [1.29, 1.82) is 5.26 Å². The van der Waals surface area contributed by atoms with Gasteiger partial charge in [-0.2, -0.15) is 5.26 Å². The second-order valence-electron chi connectivity index (χ2n) is 6.49. The van der Waals surface area contributed by atoms with E-state index in [1.165, 1.54) is 0 Å². The Labute approximate surface area is 205 Å². The van der Waals surface area contributed by atoms with Crippen LogP contribution in [0.2, 0.25) is 10.0 Å². The van der Waals surface area contributed by atoms with Crippen LogP contribution in [-0.4, -0.2) is 4.98 Å². The van der Waals surface area contributed by atoms with Crippen molar-refractivity contribution in [2.75, 3.05) is 0 Å². The monoisotopic (exact) mass is 576 g/mol. The molecule has 31 heavy (non-hydrogen) atoms. The highest BCUT2D eigenvalue weighted by molar-refractivity contribution is 9.11. The number of oxazole rings is 1. The molecule has 154 valence electrons. The summed E-state index contributed by atoms with van der Waals surface area (Å²) in [5, 5.41) is 10.8. The highest BCUT2D eigenvalue weighted by atomic mass is 79.9. The van der Waals surface area contributed by atoms with Gasteiger partial charge in [0.05, 0.1) is 4.47 Å². The molecule has 3 aromatic carbocycles. The number of para-hydroxylation sites is 2. The van der Waals surface area contributed by atoms with E-state index in [9.17, 15) is 5.26 Å². The van der Waals surface area contributed by atoms with Crippen LogP contribution in [0.15, 0.2) is 68.0 Å². The molecule has 0 saturated carbocycles. The molecule has 0 aliphatic rings. The normalized spacial score (nSPS) is 11.5. The molecule has 0 spiro atoms. The molecular weight excluding hydrogens is 567 g/mol. The van der Waals surface area contributed by atoms with Crippen LogP contribution < -0.4 is 4.74 Å². The summed E-state index contributed by atoms with van der Waals surface area (Å²) in [7, 11) is 0. The summed E-state index contributed by atoms with van der Waals surface area (Å²) in [5.41, 5.74) is 3.03. The molecule has 4 rings (SSSR count). The van der Waals surface area contributed by atoms with Gasteiger partial charge in [-0.3, -0.25) is 0 Å². The predicted octanol–water partition coefficient (Wildman–Crippen LogP) is 8.30. The summed E-state index contributed by atoms with van der Waals surface area (Å²) in [5.74, 6) is 0.796. The van der Waals surface area contributed by atoms with E-state index in [2.05, 4.69) is 42.9 Å². The summed E-state index contributed by atoms with van der Waals surface area (Å²) in [4.78, 5) is 4.42. The quantitative estimate of drug-likeness (QED) is 0.223. The van der Waals surface area contributed by atoms with Gasteiger partial charge < -0.3 is 9.15 Å². The van der Waals surface area contributed by atoms with Crippen molar-refractivity contribution in [3.8, 4) is 11.8 Å². The molecule has 0 atom stereocenters. The van der Waals surface area contributed by atoms with Crippen molar-refractivity contribution >= 4 is 77.8 Å². The summed E-state index contributed by atoms with van der Waals surface area (Å²) in [6.07, 6.45) is 1.68. The van der Waals surface area contributed by atoms with Crippen molar-refractivity contribution in [1.82, 2.24) is 4.98 Å².